The standard InChI is InChI=1S/C26H31N3O5/c1-17(2)22(29-26(33)34-16-18-8-4-3-5-9-18)24(31)28-21-13-12-19-10-6-7-11-20(19)14-15-27-25(32)23(21)30/h3-11,17,21-22H,12-16H2,1-2H3,(H,27,32)(H,28,31)(H,29,33). The van der Waals surface area contributed by atoms with Crippen molar-refractivity contribution in [1.29, 1.82) is 0 Å². The lowest BCUT2D eigenvalue weighted by atomic mass is 9.95. The first-order chi connectivity index (χ1) is 16.3. The molecule has 3 N–H and O–H groups in total. The van der Waals surface area contributed by atoms with E-state index in [9.17, 15) is 19.2 Å². The first kappa shape index (κ1) is 25.0. The number of benzene rings is 2. The largest absolute Gasteiger partial charge is 0.445 e. The first-order valence-corrected chi connectivity index (χ1v) is 11.5. The number of amides is 3. The SMILES string of the molecule is CC(C)C(NC(=O)OCc1ccccc1)C(=O)NC1CCc2ccccc2CCNC(=O)C1=O. The molecule has 0 fully saturated rings. The van der Waals surface area contributed by atoms with Crippen LogP contribution in [0.15, 0.2) is 54.6 Å². The molecule has 2 aromatic rings. The summed E-state index contributed by atoms with van der Waals surface area (Å²) < 4.78 is 5.23. The maximum Gasteiger partial charge on any atom is 0.408 e. The molecule has 0 saturated carbocycles. The molecular formula is C26H31N3O5. The Morgan fingerprint density at radius 2 is 1.65 bits per heavy atom. The van der Waals surface area contributed by atoms with E-state index in [4.69, 9.17) is 4.74 Å². The minimum absolute atomic E-state index is 0.0692. The molecule has 1 aliphatic rings. The summed E-state index contributed by atoms with van der Waals surface area (Å²) in [6, 6.07) is 15.1. The van der Waals surface area contributed by atoms with Crippen molar-refractivity contribution in [2.75, 3.05) is 6.54 Å². The van der Waals surface area contributed by atoms with Gasteiger partial charge in [-0.15, -0.1) is 0 Å². The van der Waals surface area contributed by atoms with Crippen molar-refractivity contribution in [1.82, 2.24) is 16.0 Å². The Kier molecular flexibility index (Phi) is 8.79. The maximum absolute atomic E-state index is 13.0. The van der Waals surface area contributed by atoms with Gasteiger partial charge in [0.05, 0.1) is 6.04 Å². The number of ketones is 1. The summed E-state index contributed by atoms with van der Waals surface area (Å²) in [5, 5.41) is 7.90. The monoisotopic (exact) mass is 465 g/mol. The minimum atomic E-state index is -0.998. The molecule has 2 aromatic carbocycles. The van der Waals surface area contributed by atoms with E-state index in [2.05, 4.69) is 16.0 Å². The third-order valence-electron chi connectivity index (χ3n) is 5.79. The Bertz CT molecular complexity index is 1020. The zero-order valence-electron chi connectivity index (χ0n) is 19.5. The molecule has 1 aliphatic heterocycles. The van der Waals surface area contributed by atoms with Crippen LogP contribution in [0.1, 0.15) is 37.0 Å². The van der Waals surface area contributed by atoms with Gasteiger partial charge in [-0.05, 0) is 41.9 Å². The van der Waals surface area contributed by atoms with Crippen LogP contribution >= 0.6 is 0 Å². The number of alkyl carbamates (subject to hydrolysis) is 1. The Morgan fingerprint density at radius 3 is 2.32 bits per heavy atom. The van der Waals surface area contributed by atoms with Gasteiger partial charge < -0.3 is 20.7 Å². The molecule has 8 heteroatoms. The molecule has 0 aliphatic carbocycles. The van der Waals surface area contributed by atoms with Gasteiger partial charge in [0.15, 0.2) is 0 Å². The van der Waals surface area contributed by atoms with Crippen molar-refractivity contribution in [2.45, 2.75) is 51.8 Å². The van der Waals surface area contributed by atoms with E-state index in [1.54, 1.807) is 13.8 Å². The second-order valence-electron chi connectivity index (χ2n) is 8.67. The number of hydrogen-bond acceptors (Lipinski definition) is 5. The average Bonchev–Trinajstić information content (AvgIpc) is 2.83. The van der Waals surface area contributed by atoms with Crippen LogP contribution in [0.5, 0.6) is 0 Å². The van der Waals surface area contributed by atoms with Crippen LogP contribution < -0.4 is 16.0 Å². The Hall–Kier alpha value is -3.68. The number of hydrogen-bond donors (Lipinski definition) is 3. The number of rotatable bonds is 6. The molecule has 3 amide bonds. The van der Waals surface area contributed by atoms with Crippen molar-refractivity contribution >= 4 is 23.7 Å². The molecule has 0 radical (unpaired) electrons. The quantitative estimate of drug-likeness (QED) is 0.567. The van der Waals surface area contributed by atoms with Crippen LogP contribution in [0.3, 0.4) is 0 Å². The summed E-state index contributed by atoms with van der Waals surface area (Å²) in [5.74, 6) is -2.22. The predicted octanol–water partition coefficient (Wildman–Crippen LogP) is 2.30. The number of carbonyl (C=O) groups excluding carboxylic acids is 4. The van der Waals surface area contributed by atoms with E-state index in [0.29, 0.717) is 19.4 Å². The molecule has 3 rings (SSSR count). The van der Waals surface area contributed by atoms with Crippen LogP contribution in [-0.4, -0.2) is 42.3 Å². The minimum Gasteiger partial charge on any atom is -0.445 e. The number of Topliss-reactive ketones (excluding diaryl/α,β-unsaturated/α-hetero) is 1. The Labute approximate surface area is 199 Å². The van der Waals surface area contributed by atoms with Gasteiger partial charge in [-0.3, -0.25) is 14.4 Å². The third kappa shape index (κ3) is 6.91. The Balaban J connectivity index is 1.66. The molecule has 1 heterocycles. The number of aryl methyl sites for hydroxylation is 1. The summed E-state index contributed by atoms with van der Waals surface area (Å²) in [6.07, 6.45) is 0.718. The normalized spacial score (nSPS) is 17.2. The van der Waals surface area contributed by atoms with Gasteiger partial charge in [-0.2, -0.15) is 0 Å². The molecule has 0 bridgehead atoms. The smallest absolute Gasteiger partial charge is 0.408 e. The van der Waals surface area contributed by atoms with Crippen LogP contribution in [0.25, 0.3) is 0 Å². The summed E-state index contributed by atoms with van der Waals surface area (Å²) >= 11 is 0. The molecular weight excluding hydrogens is 434 g/mol. The average molecular weight is 466 g/mol. The van der Waals surface area contributed by atoms with Crippen molar-refractivity contribution in [2.24, 2.45) is 5.92 Å². The molecule has 34 heavy (non-hydrogen) atoms. The van der Waals surface area contributed by atoms with Gasteiger partial charge in [-0.1, -0.05) is 68.4 Å². The first-order valence-electron chi connectivity index (χ1n) is 11.5. The van der Waals surface area contributed by atoms with Crippen LogP contribution in [-0.2, 0) is 38.6 Å². The fourth-order valence-corrected chi connectivity index (χ4v) is 3.86. The van der Waals surface area contributed by atoms with Gasteiger partial charge in [-0.25, -0.2) is 4.79 Å². The molecule has 180 valence electrons. The van der Waals surface area contributed by atoms with Crippen molar-refractivity contribution in [3.8, 4) is 0 Å². The third-order valence-corrected chi connectivity index (χ3v) is 5.79. The molecule has 2 atom stereocenters. The predicted molar refractivity (Wildman–Crippen MR) is 127 cm³/mol. The van der Waals surface area contributed by atoms with Gasteiger partial charge >= 0.3 is 6.09 Å². The lowest BCUT2D eigenvalue weighted by Gasteiger charge is -2.25. The van der Waals surface area contributed by atoms with Crippen LogP contribution in [0.4, 0.5) is 4.79 Å². The van der Waals surface area contributed by atoms with Gasteiger partial charge in [0.1, 0.15) is 12.6 Å². The highest BCUT2D eigenvalue weighted by molar-refractivity contribution is 6.38. The molecule has 8 nitrogen and oxygen atoms in total. The number of carbonyl (C=O) groups is 4. The summed E-state index contributed by atoms with van der Waals surface area (Å²) in [5.41, 5.74) is 3.00. The van der Waals surface area contributed by atoms with E-state index < -0.39 is 35.8 Å². The molecule has 0 spiro atoms. The number of fused-ring (bicyclic) bond motifs is 1. The lowest BCUT2D eigenvalue weighted by molar-refractivity contribution is -0.140. The zero-order valence-corrected chi connectivity index (χ0v) is 19.5. The summed E-state index contributed by atoms with van der Waals surface area (Å²) in [7, 11) is 0. The van der Waals surface area contributed by atoms with Crippen LogP contribution in [0, 0.1) is 5.92 Å². The fourth-order valence-electron chi connectivity index (χ4n) is 3.86. The van der Waals surface area contributed by atoms with Crippen molar-refractivity contribution < 1.29 is 23.9 Å². The van der Waals surface area contributed by atoms with E-state index in [1.807, 2.05) is 54.6 Å². The lowest BCUT2D eigenvalue weighted by Crippen LogP contribution is -2.55. The van der Waals surface area contributed by atoms with Gasteiger partial charge in [0.25, 0.3) is 5.91 Å². The highest BCUT2D eigenvalue weighted by atomic mass is 16.5. The topological polar surface area (TPSA) is 114 Å². The maximum atomic E-state index is 13.0. The molecule has 0 aromatic heterocycles. The highest BCUT2D eigenvalue weighted by Gasteiger charge is 2.32. The van der Waals surface area contributed by atoms with Crippen molar-refractivity contribution in [3.05, 3.63) is 71.3 Å². The number of nitrogens with one attached hydrogen (secondary N) is 3. The van der Waals surface area contributed by atoms with E-state index >= 15 is 0 Å². The Morgan fingerprint density at radius 1 is 1.00 bits per heavy atom. The fraction of sp³-hybridized carbons (Fsp3) is 0.385. The summed E-state index contributed by atoms with van der Waals surface area (Å²) in [4.78, 5) is 50.4. The molecule has 0 saturated heterocycles. The highest BCUT2D eigenvalue weighted by Crippen LogP contribution is 2.15. The van der Waals surface area contributed by atoms with E-state index in [-0.39, 0.29) is 18.9 Å². The van der Waals surface area contributed by atoms with Crippen molar-refractivity contribution in [3.63, 3.8) is 0 Å². The van der Waals surface area contributed by atoms with E-state index in [1.165, 1.54) is 0 Å². The van der Waals surface area contributed by atoms with Crippen LogP contribution in [0.2, 0.25) is 0 Å². The van der Waals surface area contributed by atoms with Gasteiger partial charge in [0.2, 0.25) is 11.7 Å². The summed E-state index contributed by atoms with van der Waals surface area (Å²) in [6.45, 7) is 3.96. The second kappa shape index (κ2) is 12.0. The number of ether oxygens (including phenoxy) is 1. The second-order valence-corrected chi connectivity index (χ2v) is 8.67. The molecule has 2 unspecified atom stereocenters. The van der Waals surface area contributed by atoms with E-state index in [0.717, 1.165) is 16.7 Å². The zero-order chi connectivity index (χ0) is 24.5. The van der Waals surface area contributed by atoms with Gasteiger partial charge in [0, 0.05) is 6.54 Å².